The van der Waals surface area contributed by atoms with Gasteiger partial charge in [0.25, 0.3) is 0 Å². The van der Waals surface area contributed by atoms with E-state index in [9.17, 15) is 4.79 Å². The molecular formula is C12H15ClO3S. The molecule has 0 spiro atoms. The normalized spacial score (nSPS) is 12.4. The molecule has 1 atom stereocenters. The second-order valence-corrected chi connectivity index (χ2v) is 4.97. The predicted molar refractivity (Wildman–Crippen MR) is 70.7 cm³/mol. The van der Waals surface area contributed by atoms with E-state index in [4.69, 9.17) is 21.4 Å². The minimum absolute atomic E-state index is 0.294. The van der Waals surface area contributed by atoms with Gasteiger partial charge in [-0.05, 0) is 36.1 Å². The highest BCUT2D eigenvalue weighted by atomic mass is 35.5. The molecule has 5 heteroatoms. The van der Waals surface area contributed by atoms with Gasteiger partial charge in [0.2, 0.25) is 0 Å². The quantitative estimate of drug-likeness (QED) is 0.830. The molecule has 0 saturated carbocycles. The lowest BCUT2D eigenvalue weighted by atomic mass is 10.2. The van der Waals surface area contributed by atoms with E-state index in [0.717, 1.165) is 11.3 Å². The standard InChI is InChI=1S/C12H15ClO3S/c1-17-7-6-11(12(14)15)16-8-9-2-4-10(13)5-3-9/h2-5,11H,6-8H2,1H3,(H,14,15). The number of ether oxygens (including phenoxy) is 1. The van der Waals surface area contributed by atoms with Crippen LogP contribution in [0.25, 0.3) is 0 Å². The second-order valence-electron chi connectivity index (χ2n) is 3.55. The Morgan fingerprint density at radius 3 is 2.65 bits per heavy atom. The lowest BCUT2D eigenvalue weighted by Gasteiger charge is -2.13. The molecule has 1 aromatic rings. The van der Waals surface area contributed by atoms with E-state index in [1.807, 2.05) is 18.4 Å². The molecule has 1 rings (SSSR count). The van der Waals surface area contributed by atoms with Crippen molar-refractivity contribution in [3.05, 3.63) is 34.9 Å². The van der Waals surface area contributed by atoms with Gasteiger partial charge in [-0.25, -0.2) is 4.79 Å². The van der Waals surface area contributed by atoms with Crippen LogP contribution in [0.2, 0.25) is 5.02 Å². The molecule has 1 aromatic carbocycles. The summed E-state index contributed by atoms with van der Waals surface area (Å²) in [7, 11) is 0. The van der Waals surface area contributed by atoms with Crippen LogP contribution in [0.5, 0.6) is 0 Å². The Hall–Kier alpha value is -0.710. The number of benzene rings is 1. The summed E-state index contributed by atoms with van der Waals surface area (Å²) in [6.07, 6.45) is 1.72. The van der Waals surface area contributed by atoms with Crippen molar-refractivity contribution in [2.75, 3.05) is 12.0 Å². The van der Waals surface area contributed by atoms with Gasteiger partial charge in [0.1, 0.15) is 0 Å². The van der Waals surface area contributed by atoms with Crippen LogP contribution in [0.3, 0.4) is 0 Å². The molecule has 0 amide bonds. The van der Waals surface area contributed by atoms with Crippen LogP contribution in [0.1, 0.15) is 12.0 Å². The van der Waals surface area contributed by atoms with Gasteiger partial charge in [-0.1, -0.05) is 23.7 Å². The Labute approximate surface area is 110 Å². The zero-order valence-corrected chi connectivity index (χ0v) is 11.1. The Balaban J connectivity index is 2.45. The molecule has 0 aliphatic rings. The number of hydrogen-bond donors (Lipinski definition) is 1. The summed E-state index contributed by atoms with van der Waals surface area (Å²) in [5.41, 5.74) is 0.921. The van der Waals surface area contributed by atoms with Crippen molar-refractivity contribution in [1.82, 2.24) is 0 Å². The van der Waals surface area contributed by atoms with Crippen LogP contribution in [0.15, 0.2) is 24.3 Å². The van der Waals surface area contributed by atoms with E-state index in [-0.39, 0.29) is 0 Å². The maximum absolute atomic E-state index is 10.9. The van der Waals surface area contributed by atoms with Crippen molar-refractivity contribution >= 4 is 29.3 Å². The topological polar surface area (TPSA) is 46.5 Å². The molecule has 0 saturated heterocycles. The van der Waals surface area contributed by atoms with Crippen LogP contribution < -0.4 is 0 Å². The van der Waals surface area contributed by atoms with E-state index in [1.165, 1.54) is 0 Å². The SMILES string of the molecule is CSCCC(OCc1ccc(Cl)cc1)C(=O)O. The fourth-order valence-corrected chi connectivity index (χ4v) is 1.86. The van der Waals surface area contributed by atoms with Crippen molar-refractivity contribution < 1.29 is 14.6 Å². The summed E-state index contributed by atoms with van der Waals surface area (Å²) >= 11 is 7.37. The third-order valence-electron chi connectivity index (χ3n) is 2.22. The maximum Gasteiger partial charge on any atom is 0.332 e. The van der Waals surface area contributed by atoms with E-state index in [0.29, 0.717) is 18.1 Å². The van der Waals surface area contributed by atoms with Gasteiger partial charge in [-0.3, -0.25) is 0 Å². The molecule has 0 bridgehead atoms. The molecule has 1 unspecified atom stereocenters. The van der Waals surface area contributed by atoms with Crippen molar-refractivity contribution in [1.29, 1.82) is 0 Å². The molecule has 3 nitrogen and oxygen atoms in total. The third-order valence-corrected chi connectivity index (χ3v) is 3.12. The van der Waals surface area contributed by atoms with Crippen LogP contribution >= 0.6 is 23.4 Å². The van der Waals surface area contributed by atoms with Crippen LogP contribution in [-0.2, 0) is 16.1 Å². The Kier molecular flexibility index (Phi) is 6.40. The molecule has 0 aliphatic heterocycles. The van der Waals surface area contributed by atoms with E-state index in [1.54, 1.807) is 23.9 Å². The summed E-state index contributed by atoms with van der Waals surface area (Å²) in [6, 6.07) is 7.18. The highest BCUT2D eigenvalue weighted by Gasteiger charge is 2.17. The second kappa shape index (κ2) is 7.58. The smallest absolute Gasteiger partial charge is 0.332 e. The van der Waals surface area contributed by atoms with Crippen LogP contribution in [-0.4, -0.2) is 29.2 Å². The largest absolute Gasteiger partial charge is 0.479 e. The maximum atomic E-state index is 10.9. The van der Waals surface area contributed by atoms with Gasteiger partial charge >= 0.3 is 5.97 Å². The van der Waals surface area contributed by atoms with E-state index >= 15 is 0 Å². The number of halogens is 1. The lowest BCUT2D eigenvalue weighted by molar-refractivity contribution is -0.151. The van der Waals surface area contributed by atoms with E-state index < -0.39 is 12.1 Å². The van der Waals surface area contributed by atoms with Crippen LogP contribution in [0.4, 0.5) is 0 Å². The average Bonchev–Trinajstić information content (AvgIpc) is 2.31. The number of aliphatic carboxylic acids is 1. The van der Waals surface area contributed by atoms with Gasteiger partial charge in [0.15, 0.2) is 6.10 Å². The van der Waals surface area contributed by atoms with Crippen molar-refractivity contribution in [2.24, 2.45) is 0 Å². The third kappa shape index (κ3) is 5.44. The minimum atomic E-state index is -0.909. The highest BCUT2D eigenvalue weighted by molar-refractivity contribution is 7.98. The first-order valence-electron chi connectivity index (χ1n) is 5.21. The van der Waals surface area contributed by atoms with Crippen molar-refractivity contribution in [3.8, 4) is 0 Å². The zero-order chi connectivity index (χ0) is 12.7. The monoisotopic (exact) mass is 274 g/mol. The minimum Gasteiger partial charge on any atom is -0.479 e. The lowest BCUT2D eigenvalue weighted by Crippen LogP contribution is -2.24. The highest BCUT2D eigenvalue weighted by Crippen LogP contribution is 2.12. The molecule has 0 aromatic heterocycles. The van der Waals surface area contributed by atoms with Gasteiger partial charge in [0, 0.05) is 5.02 Å². The van der Waals surface area contributed by atoms with Gasteiger partial charge in [-0.15, -0.1) is 0 Å². The van der Waals surface area contributed by atoms with E-state index in [2.05, 4.69) is 0 Å². The number of carboxylic acids is 1. The first-order valence-corrected chi connectivity index (χ1v) is 6.98. The Morgan fingerprint density at radius 1 is 1.47 bits per heavy atom. The molecule has 0 radical (unpaired) electrons. The molecule has 0 fully saturated rings. The number of carboxylic acid groups (broad SMARTS) is 1. The number of hydrogen-bond acceptors (Lipinski definition) is 3. The van der Waals surface area contributed by atoms with Gasteiger partial charge < -0.3 is 9.84 Å². The molecule has 1 N–H and O–H groups in total. The van der Waals surface area contributed by atoms with Crippen molar-refractivity contribution in [3.63, 3.8) is 0 Å². The first-order chi connectivity index (χ1) is 8.13. The Bertz CT molecular complexity index is 353. The number of carbonyl (C=O) groups is 1. The number of rotatable bonds is 7. The van der Waals surface area contributed by atoms with Gasteiger partial charge in [0.05, 0.1) is 6.61 Å². The summed E-state index contributed by atoms with van der Waals surface area (Å²) in [5, 5.41) is 9.62. The molecule has 0 aliphatic carbocycles. The van der Waals surface area contributed by atoms with Crippen molar-refractivity contribution in [2.45, 2.75) is 19.1 Å². The molecule has 94 valence electrons. The predicted octanol–water partition coefficient (Wildman–Crippen LogP) is 3.06. The number of thioether (sulfide) groups is 1. The molecular weight excluding hydrogens is 260 g/mol. The van der Waals surface area contributed by atoms with Crippen LogP contribution in [0, 0.1) is 0 Å². The fraction of sp³-hybridized carbons (Fsp3) is 0.417. The summed E-state index contributed by atoms with van der Waals surface area (Å²) in [6.45, 7) is 0.294. The zero-order valence-electron chi connectivity index (χ0n) is 9.56. The Morgan fingerprint density at radius 2 is 2.12 bits per heavy atom. The summed E-state index contributed by atoms with van der Waals surface area (Å²) < 4.78 is 5.38. The molecule has 0 heterocycles. The summed E-state index contributed by atoms with van der Waals surface area (Å²) in [4.78, 5) is 10.9. The summed E-state index contributed by atoms with van der Waals surface area (Å²) in [5.74, 6) is -0.134. The first kappa shape index (κ1) is 14.4. The average molecular weight is 275 g/mol. The van der Waals surface area contributed by atoms with Gasteiger partial charge in [-0.2, -0.15) is 11.8 Å². The fourth-order valence-electron chi connectivity index (χ4n) is 1.28. The molecule has 17 heavy (non-hydrogen) atoms.